The van der Waals surface area contributed by atoms with Crippen LogP contribution < -0.4 is 0 Å². The van der Waals surface area contributed by atoms with E-state index in [0.717, 1.165) is 30.8 Å². The number of aliphatic hydroxyl groups excluding tert-OH is 1. The van der Waals surface area contributed by atoms with Crippen molar-refractivity contribution in [1.29, 1.82) is 0 Å². The molecule has 2 heterocycles. The molecular formula is C15H22N2O2S. The van der Waals surface area contributed by atoms with Crippen molar-refractivity contribution in [3.63, 3.8) is 0 Å². The molecule has 1 amide bonds. The first-order chi connectivity index (χ1) is 9.68. The molecule has 2 fully saturated rings. The average Bonchev–Trinajstić information content (AvgIpc) is 3.18. The Morgan fingerprint density at radius 1 is 1.40 bits per heavy atom. The van der Waals surface area contributed by atoms with Gasteiger partial charge in [-0.2, -0.15) is 0 Å². The van der Waals surface area contributed by atoms with Crippen LogP contribution in [0.15, 0.2) is 17.5 Å². The number of rotatable bonds is 3. The Kier molecular flexibility index (Phi) is 4.10. The van der Waals surface area contributed by atoms with Gasteiger partial charge in [0.1, 0.15) is 0 Å². The number of hydrogen-bond donors (Lipinski definition) is 1. The molecule has 2 aliphatic rings. The van der Waals surface area contributed by atoms with Crippen LogP contribution in [0.5, 0.6) is 0 Å². The van der Waals surface area contributed by atoms with Gasteiger partial charge in [-0.1, -0.05) is 6.07 Å². The van der Waals surface area contributed by atoms with Crippen molar-refractivity contribution in [3.8, 4) is 0 Å². The molecule has 1 N–H and O–H groups in total. The molecule has 1 aliphatic carbocycles. The molecule has 4 nitrogen and oxygen atoms in total. The van der Waals surface area contributed by atoms with Crippen molar-refractivity contribution in [3.05, 3.63) is 22.4 Å². The van der Waals surface area contributed by atoms with E-state index in [4.69, 9.17) is 0 Å². The van der Waals surface area contributed by atoms with E-state index >= 15 is 0 Å². The second kappa shape index (κ2) is 5.84. The van der Waals surface area contributed by atoms with Crippen molar-refractivity contribution in [1.82, 2.24) is 9.80 Å². The molecule has 1 aromatic rings. The predicted octanol–water partition coefficient (Wildman–Crippen LogP) is 1.81. The molecule has 0 radical (unpaired) electrons. The first-order valence-electron chi connectivity index (χ1n) is 7.41. The quantitative estimate of drug-likeness (QED) is 0.924. The number of amides is 1. The highest BCUT2D eigenvalue weighted by Gasteiger charge is 2.42. The molecule has 1 saturated heterocycles. The topological polar surface area (TPSA) is 43.8 Å². The third-order valence-electron chi connectivity index (χ3n) is 4.71. The fourth-order valence-electron chi connectivity index (χ4n) is 3.56. The molecule has 20 heavy (non-hydrogen) atoms. The first kappa shape index (κ1) is 14.0. The lowest BCUT2D eigenvalue weighted by Crippen LogP contribution is -2.48. The standard InChI is InChI=1S/C15H22N2O2S/c1-16(15(19)13-5-4-10-20-13)11-6-7-12(14(11)18)17-8-2-3-9-17/h4-5,10-12,14,18H,2-3,6-9H2,1H3/t11-,12-,14-/m1/s1. The van der Waals surface area contributed by atoms with E-state index in [9.17, 15) is 9.90 Å². The summed E-state index contributed by atoms with van der Waals surface area (Å²) >= 11 is 1.46. The van der Waals surface area contributed by atoms with Crippen LogP contribution in [-0.4, -0.2) is 59.1 Å². The van der Waals surface area contributed by atoms with Gasteiger partial charge in [-0.25, -0.2) is 0 Å². The lowest BCUT2D eigenvalue weighted by Gasteiger charge is -2.31. The zero-order valence-electron chi connectivity index (χ0n) is 11.9. The Balaban J connectivity index is 1.67. The van der Waals surface area contributed by atoms with Crippen LogP contribution in [0.2, 0.25) is 0 Å². The number of hydrogen-bond acceptors (Lipinski definition) is 4. The van der Waals surface area contributed by atoms with Gasteiger partial charge in [0.15, 0.2) is 0 Å². The van der Waals surface area contributed by atoms with E-state index in [2.05, 4.69) is 4.90 Å². The summed E-state index contributed by atoms with van der Waals surface area (Å²) in [6.07, 6.45) is 3.95. The lowest BCUT2D eigenvalue weighted by atomic mass is 10.1. The van der Waals surface area contributed by atoms with Crippen LogP contribution >= 0.6 is 11.3 Å². The number of carbonyl (C=O) groups is 1. The molecule has 1 saturated carbocycles. The van der Waals surface area contributed by atoms with E-state index in [0.29, 0.717) is 0 Å². The van der Waals surface area contributed by atoms with E-state index in [1.807, 2.05) is 24.6 Å². The van der Waals surface area contributed by atoms with Crippen LogP contribution in [0, 0.1) is 0 Å². The molecule has 0 aromatic carbocycles. The second-order valence-corrected chi connectivity index (χ2v) is 6.79. The summed E-state index contributed by atoms with van der Waals surface area (Å²) in [7, 11) is 1.82. The second-order valence-electron chi connectivity index (χ2n) is 5.84. The number of carbonyl (C=O) groups excluding carboxylic acids is 1. The van der Waals surface area contributed by atoms with E-state index < -0.39 is 6.10 Å². The molecule has 0 unspecified atom stereocenters. The molecule has 0 bridgehead atoms. The van der Waals surface area contributed by atoms with Crippen molar-refractivity contribution >= 4 is 17.2 Å². The SMILES string of the molecule is CN(C(=O)c1cccs1)[C@@H]1CC[C@@H](N2CCCC2)[C@@H]1O. The van der Waals surface area contributed by atoms with Gasteiger partial charge in [-0.15, -0.1) is 11.3 Å². The molecule has 5 heteroatoms. The maximum atomic E-state index is 12.4. The van der Waals surface area contributed by atoms with Gasteiger partial charge >= 0.3 is 0 Å². The maximum absolute atomic E-state index is 12.4. The molecule has 3 rings (SSSR count). The van der Waals surface area contributed by atoms with Gasteiger partial charge in [0.25, 0.3) is 5.91 Å². The molecule has 1 aliphatic heterocycles. The Hall–Kier alpha value is -0.910. The zero-order valence-corrected chi connectivity index (χ0v) is 12.7. The minimum absolute atomic E-state index is 0.0334. The molecule has 1 aromatic heterocycles. The van der Waals surface area contributed by atoms with Crippen molar-refractivity contribution in [2.45, 2.75) is 43.9 Å². The highest BCUT2D eigenvalue weighted by molar-refractivity contribution is 7.12. The van der Waals surface area contributed by atoms with Crippen molar-refractivity contribution < 1.29 is 9.90 Å². The van der Waals surface area contributed by atoms with Gasteiger partial charge in [0.05, 0.1) is 17.0 Å². The Morgan fingerprint density at radius 2 is 2.15 bits per heavy atom. The van der Waals surface area contributed by atoms with E-state index in [1.165, 1.54) is 24.2 Å². The largest absolute Gasteiger partial charge is 0.389 e. The van der Waals surface area contributed by atoms with Gasteiger partial charge in [-0.05, 0) is 50.2 Å². The summed E-state index contributed by atoms with van der Waals surface area (Å²) in [5, 5.41) is 12.5. The number of thiophene rings is 1. The molecule has 110 valence electrons. The lowest BCUT2D eigenvalue weighted by molar-refractivity contribution is 0.0298. The van der Waals surface area contributed by atoms with Crippen molar-refractivity contribution in [2.75, 3.05) is 20.1 Å². The van der Waals surface area contributed by atoms with Gasteiger partial charge in [-0.3, -0.25) is 9.69 Å². The van der Waals surface area contributed by atoms with Crippen LogP contribution in [0.4, 0.5) is 0 Å². The third kappa shape index (κ3) is 2.50. The summed E-state index contributed by atoms with van der Waals surface area (Å²) < 4.78 is 0. The highest BCUT2D eigenvalue weighted by atomic mass is 32.1. The predicted molar refractivity (Wildman–Crippen MR) is 80.0 cm³/mol. The zero-order chi connectivity index (χ0) is 14.1. The Bertz CT molecular complexity index is 456. The normalized spacial score (nSPS) is 30.8. The van der Waals surface area contributed by atoms with Gasteiger partial charge in [0.2, 0.25) is 0 Å². The first-order valence-corrected chi connectivity index (χ1v) is 8.29. The van der Waals surface area contributed by atoms with E-state index in [1.54, 1.807) is 4.90 Å². The fourth-order valence-corrected chi connectivity index (χ4v) is 4.26. The fraction of sp³-hybridized carbons (Fsp3) is 0.667. The van der Waals surface area contributed by atoms with Crippen molar-refractivity contribution in [2.24, 2.45) is 0 Å². The summed E-state index contributed by atoms with van der Waals surface area (Å²) in [6.45, 7) is 2.19. The van der Waals surface area contributed by atoms with Gasteiger partial charge < -0.3 is 10.0 Å². The number of likely N-dealkylation sites (tertiary alicyclic amines) is 1. The Morgan fingerprint density at radius 3 is 2.80 bits per heavy atom. The summed E-state index contributed by atoms with van der Waals surface area (Å²) in [5.74, 6) is 0.0334. The van der Waals surface area contributed by atoms with Gasteiger partial charge in [0, 0.05) is 13.1 Å². The molecule has 3 atom stereocenters. The summed E-state index contributed by atoms with van der Waals surface area (Å²) in [4.78, 5) is 17.3. The smallest absolute Gasteiger partial charge is 0.263 e. The minimum Gasteiger partial charge on any atom is -0.389 e. The Labute approximate surface area is 124 Å². The summed E-state index contributed by atoms with van der Waals surface area (Å²) in [6, 6.07) is 3.93. The van der Waals surface area contributed by atoms with Crippen LogP contribution in [0.25, 0.3) is 0 Å². The monoisotopic (exact) mass is 294 g/mol. The van der Waals surface area contributed by atoms with Crippen LogP contribution in [0.3, 0.4) is 0 Å². The van der Waals surface area contributed by atoms with Crippen LogP contribution in [0.1, 0.15) is 35.4 Å². The molecule has 0 spiro atoms. The average molecular weight is 294 g/mol. The highest BCUT2D eigenvalue weighted by Crippen LogP contribution is 2.31. The number of likely N-dealkylation sites (N-methyl/N-ethyl adjacent to an activating group) is 1. The van der Waals surface area contributed by atoms with Crippen LogP contribution in [-0.2, 0) is 0 Å². The maximum Gasteiger partial charge on any atom is 0.263 e. The summed E-state index contributed by atoms with van der Waals surface area (Å²) in [5.41, 5.74) is 0. The number of nitrogens with zero attached hydrogens (tertiary/aromatic N) is 2. The number of aliphatic hydroxyl groups is 1. The molecular weight excluding hydrogens is 272 g/mol. The van der Waals surface area contributed by atoms with E-state index in [-0.39, 0.29) is 18.0 Å². The minimum atomic E-state index is -0.415. The third-order valence-corrected chi connectivity index (χ3v) is 5.56.